The van der Waals surface area contributed by atoms with Crippen LogP contribution >= 0.6 is 15.9 Å². The number of rotatable bonds is 6. The molecule has 0 heterocycles. The molecule has 6 nitrogen and oxygen atoms in total. The number of nitrogens with one attached hydrogen (secondary N) is 1. The zero-order chi connectivity index (χ0) is 17.0. The van der Waals surface area contributed by atoms with Crippen molar-refractivity contribution in [3.05, 3.63) is 69.8 Å². The van der Waals surface area contributed by atoms with E-state index in [1.807, 2.05) is 6.92 Å². The molecule has 8 heteroatoms. The highest BCUT2D eigenvalue weighted by molar-refractivity contribution is 9.09. The van der Waals surface area contributed by atoms with Gasteiger partial charge in [0.25, 0.3) is 5.69 Å². The summed E-state index contributed by atoms with van der Waals surface area (Å²) < 4.78 is 26.9. The number of sulfonamides is 1. The van der Waals surface area contributed by atoms with Gasteiger partial charge in [0.1, 0.15) is 0 Å². The van der Waals surface area contributed by atoms with Crippen LogP contribution in [0.2, 0.25) is 0 Å². The van der Waals surface area contributed by atoms with Gasteiger partial charge < -0.3 is 0 Å². The van der Waals surface area contributed by atoms with Crippen molar-refractivity contribution in [3.63, 3.8) is 0 Å². The lowest BCUT2D eigenvalue weighted by Crippen LogP contribution is -2.27. The van der Waals surface area contributed by atoms with E-state index in [1.165, 1.54) is 12.1 Å². The Kier molecular flexibility index (Phi) is 5.51. The molecule has 0 saturated heterocycles. The maximum atomic E-state index is 12.2. The normalized spacial score (nSPS) is 12.8. The fourth-order valence-corrected chi connectivity index (χ4v) is 3.63. The third-order valence-electron chi connectivity index (χ3n) is 3.25. The number of halogens is 1. The number of alkyl halides is 1. The number of nitro groups is 1. The predicted octanol–water partition coefficient (Wildman–Crippen LogP) is 3.32. The van der Waals surface area contributed by atoms with Gasteiger partial charge in [-0.25, -0.2) is 13.1 Å². The van der Waals surface area contributed by atoms with Gasteiger partial charge in [-0.2, -0.15) is 0 Å². The highest BCUT2D eigenvalue weighted by Gasteiger charge is 2.17. The van der Waals surface area contributed by atoms with Crippen LogP contribution in [-0.2, 0) is 10.0 Å². The van der Waals surface area contributed by atoms with Crippen LogP contribution in [-0.4, -0.2) is 19.9 Å². The first-order valence-electron chi connectivity index (χ1n) is 6.74. The molecule has 0 spiro atoms. The van der Waals surface area contributed by atoms with Gasteiger partial charge in [-0.15, -0.1) is 0 Å². The van der Waals surface area contributed by atoms with Crippen molar-refractivity contribution in [1.29, 1.82) is 0 Å². The Labute approximate surface area is 142 Å². The number of hydrogen-bond donors (Lipinski definition) is 1. The number of non-ortho nitro benzene ring substituents is 1. The summed E-state index contributed by atoms with van der Waals surface area (Å²) in [5.74, 6) is 0. The van der Waals surface area contributed by atoms with Gasteiger partial charge in [-0.3, -0.25) is 10.1 Å². The predicted molar refractivity (Wildman–Crippen MR) is 91.1 cm³/mol. The van der Waals surface area contributed by atoms with Crippen molar-refractivity contribution in [2.24, 2.45) is 0 Å². The second kappa shape index (κ2) is 7.20. The summed E-state index contributed by atoms with van der Waals surface area (Å²) in [6.07, 6.45) is 0. The largest absolute Gasteiger partial charge is 0.269 e. The lowest BCUT2D eigenvalue weighted by molar-refractivity contribution is -0.384. The molecule has 1 unspecified atom stereocenters. The van der Waals surface area contributed by atoms with Gasteiger partial charge >= 0.3 is 0 Å². The average Bonchev–Trinajstić information content (AvgIpc) is 2.53. The summed E-state index contributed by atoms with van der Waals surface area (Å²) in [6.45, 7) is 2.01. The molecule has 0 fully saturated rings. The van der Waals surface area contributed by atoms with Crippen molar-refractivity contribution < 1.29 is 13.3 Å². The maximum absolute atomic E-state index is 12.2. The highest BCUT2D eigenvalue weighted by atomic mass is 79.9. The summed E-state index contributed by atoms with van der Waals surface area (Å²) in [6, 6.07) is 12.5. The van der Waals surface area contributed by atoms with Crippen LogP contribution in [0, 0.1) is 17.0 Å². The van der Waals surface area contributed by atoms with E-state index >= 15 is 0 Å². The fraction of sp³-hybridized carbons (Fsp3) is 0.200. The van der Waals surface area contributed by atoms with Gasteiger partial charge in [-0.1, -0.05) is 45.8 Å². The number of nitro benzene ring substituents is 1. The van der Waals surface area contributed by atoms with Crippen LogP contribution < -0.4 is 4.72 Å². The maximum Gasteiger partial charge on any atom is 0.269 e. The van der Waals surface area contributed by atoms with Crippen molar-refractivity contribution in [3.8, 4) is 0 Å². The fourth-order valence-electron chi connectivity index (χ4n) is 1.91. The van der Waals surface area contributed by atoms with Gasteiger partial charge in [0.05, 0.1) is 14.6 Å². The lowest BCUT2D eigenvalue weighted by Gasteiger charge is -2.12. The molecule has 0 saturated carbocycles. The van der Waals surface area contributed by atoms with Crippen molar-refractivity contribution >= 4 is 31.6 Å². The van der Waals surface area contributed by atoms with Crippen LogP contribution in [0.15, 0.2) is 53.4 Å². The molecule has 0 radical (unpaired) electrons. The minimum absolute atomic E-state index is 0.00585. The first-order valence-corrected chi connectivity index (χ1v) is 9.14. The van der Waals surface area contributed by atoms with E-state index in [2.05, 4.69) is 20.7 Å². The topological polar surface area (TPSA) is 89.3 Å². The summed E-state index contributed by atoms with van der Waals surface area (Å²) in [5, 5.41) is 10.6. The van der Waals surface area contributed by atoms with Gasteiger partial charge in [0, 0.05) is 18.7 Å². The quantitative estimate of drug-likeness (QED) is 0.459. The van der Waals surface area contributed by atoms with E-state index in [0.717, 1.165) is 11.1 Å². The zero-order valence-corrected chi connectivity index (χ0v) is 14.7. The van der Waals surface area contributed by atoms with Crippen LogP contribution in [0.3, 0.4) is 0 Å². The summed E-state index contributed by atoms with van der Waals surface area (Å²) in [5.41, 5.74) is 1.73. The van der Waals surface area contributed by atoms with Gasteiger partial charge in [0.2, 0.25) is 10.0 Å². The van der Waals surface area contributed by atoms with E-state index in [-0.39, 0.29) is 22.0 Å². The first-order chi connectivity index (χ1) is 10.8. The Hall–Kier alpha value is -1.77. The van der Waals surface area contributed by atoms with Crippen LogP contribution in [0.4, 0.5) is 5.69 Å². The SMILES string of the molecule is Cc1ccc(S(=O)(=O)NCC(Br)c2ccc([N+](=O)[O-])cc2)cc1. The number of aryl methyl sites for hydroxylation is 1. The molecule has 0 aliphatic rings. The second-order valence-electron chi connectivity index (χ2n) is 4.98. The molecule has 0 aliphatic carbocycles. The van der Waals surface area contributed by atoms with Crippen molar-refractivity contribution in [1.82, 2.24) is 4.72 Å². The molecule has 1 atom stereocenters. The first kappa shape index (κ1) is 17.6. The molecule has 0 aromatic heterocycles. The standard InChI is InChI=1S/C15H15BrN2O4S/c1-11-2-8-14(9-3-11)23(21,22)17-10-15(16)12-4-6-13(7-5-12)18(19)20/h2-9,15,17H,10H2,1H3. The highest BCUT2D eigenvalue weighted by Crippen LogP contribution is 2.24. The molecule has 122 valence electrons. The zero-order valence-electron chi connectivity index (χ0n) is 12.3. The molecule has 0 aliphatic heterocycles. The Morgan fingerprint density at radius 3 is 2.22 bits per heavy atom. The number of benzene rings is 2. The van der Waals surface area contributed by atoms with E-state index in [9.17, 15) is 18.5 Å². The molecule has 0 amide bonds. The number of hydrogen-bond acceptors (Lipinski definition) is 4. The number of nitrogens with zero attached hydrogens (tertiary/aromatic N) is 1. The Morgan fingerprint density at radius 2 is 1.70 bits per heavy atom. The van der Waals surface area contributed by atoms with Crippen LogP contribution in [0.5, 0.6) is 0 Å². The molecule has 0 bridgehead atoms. The molecule has 2 aromatic carbocycles. The molecule has 1 N–H and O–H groups in total. The Balaban J connectivity index is 2.04. The smallest absolute Gasteiger partial charge is 0.258 e. The third-order valence-corrected chi connectivity index (χ3v) is 5.54. The van der Waals surface area contributed by atoms with Crippen LogP contribution in [0.1, 0.15) is 16.0 Å². The third kappa shape index (κ3) is 4.60. The minimum atomic E-state index is -3.59. The summed E-state index contributed by atoms with van der Waals surface area (Å²) in [4.78, 5) is 10.1. The second-order valence-corrected chi connectivity index (χ2v) is 7.85. The molecule has 2 rings (SSSR count). The molecular weight excluding hydrogens is 384 g/mol. The lowest BCUT2D eigenvalue weighted by atomic mass is 10.1. The van der Waals surface area contributed by atoms with E-state index in [4.69, 9.17) is 0 Å². The summed E-state index contributed by atoms with van der Waals surface area (Å²) >= 11 is 3.39. The average molecular weight is 399 g/mol. The van der Waals surface area contributed by atoms with Gasteiger partial charge in [0.15, 0.2) is 0 Å². The van der Waals surface area contributed by atoms with Gasteiger partial charge in [-0.05, 0) is 24.6 Å². The van der Waals surface area contributed by atoms with Crippen molar-refractivity contribution in [2.45, 2.75) is 16.6 Å². The molecular formula is C15H15BrN2O4S. The summed E-state index contributed by atoms with van der Waals surface area (Å²) in [7, 11) is -3.59. The Morgan fingerprint density at radius 1 is 1.13 bits per heavy atom. The molecule has 23 heavy (non-hydrogen) atoms. The minimum Gasteiger partial charge on any atom is -0.258 e. The Bertz CT molecular complexity index is 789. The van der Waals surface area contributed by atoms with Crippen LogP contribution in [0.25, 0.3) is 0 Å². The van der Waals surface area contributed by atoms with E-state index in [0.29, 0.717) is 0 Å². The van der Waals surface area contributed by atoms with E-state index in [1.54, 1.807) is 36.4 Å². The van der Waals surface area contributed by atoms with E-state index < -0.39 is 14.9 Å². The van der Waals surface area contributed by atoms with Crippen molar-refractivity contribution in [2.75, 3.05) is 6.54 Å². The monoisotopic (exact) mass is 398 g/mol. The molecule has 2 aromatic rings.